The minimum Gasteiger partial charge on any atom is -0.485 e. The second-order valence-electron chi connectivity index (χ2n) is 3.64. The van der Waals surface area contributed by atoms with Crippen LogP contribution in [0.4, 0.5) is 8.78 Å². The summed E-state index contributed by atoms with van der Waals surface area (Å²) in [5.74, 6) is -0.972. The van der Waals surface area contributed by atoms with Crippen molar-refractivity contribution in [3.63, 3.8) is 0 Å². The van der Waals surface area contributed by atoms with E-state index in [0.29, 0.717) is 16.7 Å². The zero-order valence-electron chi connectivity index (χ0n) is 9.45. The van der Waals surface area contributed by atoms with Gasteiger partial charge in [-0.3, -0.25) is 0 Å². The molecule has 0 aliphatic carbocycles. The van der Waals surface area contributed by atoms with Crippen molar-refractivity contribution in [1.82, 2.24) is 9.97 Å². The quantitative estimate of drug-likeness (QED) is 0.803. The number of benzene rings is 1. The van der Waals surface area contributed by atoms with Crippen LogP contribution in [0.1, 0.15) is 11.5 Å². The van der Waals surface area contributed by atoms with Gasteiger partial charge in [0, 0.05) is 23.9 Å². The highest BCUT2D eigenvalue weighted by Gasteiger charge is 2.04. The number of aromatic nitrogens is 2. The van der Waals surface area contributed by atoms with Crippen molar-refractivity contribution in [2.24, 2.45) is 0 Å². The topological polar surface area (TPSA) is 35.0 Å². The molecule has 6 heteroatoms. The van der Waals surface area contributed by atoms with Gasteiger partial charge in [0.25, 0.3) is 0 Å². The Kier molecular flexibility index (Phi) is 3.72. The van der Waals surface area contributed by atoms with Crippen molar-refractivity contribution in [2.75, 3.05) is 0 Å². The van der Waals surface area contributed by atoms with Crippen LogP contribution in [-0.2, 0) is 6.61 Å². The highest BCUT2D eigenvalue weighted by molar-refractivity contribution is 6.29. The number of ether oxygens (including phenoxy) is 1. The molecule has 18 heavy (non-hydrogen) atoms. The Bertz CT molecular complexity index is 486. The number of nitrogens with zero attached hydrogens (tertiary/aromatic N) is 2. The van der Waals surface area contributed by atoms with Crippen LogP contribution in [0.5, 0.6) is 5.75 Å². The van der Waals surface area contributed by atoms with E-state index in [1.165, 1.54) is 0 Å². The molecule has 0 aliphatic rings. The molecule has 0 aliphatic heterocycles. The number of hydrogen-bond acceptors (Lipinski definition) is 3. The SMILES string of the molecule is Cc1cc(Cl)nc(COc2cc(F)cc(F)c2)n1. The predicted octanol–water partition coefficient (Wildman–Crippen LogP) is 3.30. The molecule has 2 aromatic rings. The van der Waals surface area contributed by atoms with Gasteiger partial charge in [0.15, 0.2) is 5.82 Å². The predicted molar refractivity (Wildman–Crippen MR) is 62.5 cm³/mol. The Morgan fingerprint density at radius 3 is 2.39 bits per heavy atom. The van der Waals surface area contributed by atoms with Gasteiger partial charge in [0.1, 0.15) is 29.1 Å². The summed E-state index contributed by atoms with van der Waals surface area (Å²) in [5.41, 5.74) is 0.694. The molecule has 0 saturated heterocycles. The van der Waals surface area contributed by atoms with E-state index in [4.69, 9.17) is 16.3 Å². The lowest BCUT2D eigenvalue weighted by molar-refractivity contribution is 0.292. The smallest absolute Gasteiger partial charge is 0.167 e. The molecule has 0 unspecified atom stereocenters. The fraction of sp³-hybridized carbons (Fsp3) is 0.167. The van der Waals surface area contributed by atoms with Crippen LogP contribution < -0.4 is 4.74 Å². The second-order valence-corrected chi connectivity index (χ2v) is 4.03. The molecule has 1 heterocycles. The van der Waals surface area contributed by atoms with Gasteiger partial charge < -0.3 is 4.74 Å². The third kappa shape index (κ3) is 3.37. The van der Waals surface area contributed by atoms with Crippen LogP contribution in [0.25, 0.3) is 0 Å². The highest BCUT2D eigenvalue weighted by atomic mass is 35.5. The molecule has 0 bridgehead atoms. The molecule has 1 aromatic carbocycles. The minimum absolute atomic E-state index is 0.00963. The van der Waals surface area contributed by atoms with E-state index in [9.17, 15) is 8.78 Å². The molecule has 0 N–H and O–H groups in total. The Hall–Kier alpha value is -1.75. The average molecular weight is 271 g/mol. The highest BCUT2D eigenvalue weighted by Crippen LogP contribution is 2.16. The molecular weight excluding hydrogens is 262 g/mol. The maximum atomic E-state index is 12.9. The molecule has 94 valence electrons. The average Bonchev–Trinajstić information content (AvgIpc) is 2.23. The summed E-state index contributed by atoms with van der Waals surface area (Å²) in [7, 11) is 0. The maximum absolute atomic E-state index is 12.9. The van der Waals surface area contributed by atoms with Crippen LogP contribution in [-0.4, -0.2) is 9.97 Å². The fourth-order valence-electron chi connectivity index (χ4n) is 1.41. The van der Waals surface area contributed by atoms with E-state index in [2.05, 4.69) is 9.97 Å². The lowest BCUT2D eigenvalue weighted by atomic mass is 10.3. The van der Waals surface area contributed by atoms with Crippen molar-refractivity contribution in [2.45, 2.75) is 13.5 Å². The van der Waals surface area contributed by atoms with Gasteiger partial charge in [-0.25, -0.2) is 18.7 Å². The summed E-state index contributed by atoms with van der Waals surface area (Å²) in [6.45, 7) is 1.75. The molecule has 0 radical (unpaired) electrons. The summed E-state index contributed by atoms with van der Waals surface area (Å²) in [5, 5.41) is 0.298. The Balaban J connectivity index is 2.11. The summed E-state index contributed by atoms with van der Waals surface area (Å²) < 4.78 is 31.0. The number of hydrogen-bond donors (Lipinski definition) is 0. The van der Waals surface area contributed by atoms with Crippen molar-refractivity contribution in [3.8, 4) is 5.75 Å². The van der Waals surface area contributed by atoms with Crippen molar-refractivity contribution < 1.29 is 13.5 Å². The summed E-state index contributed by atoms with van der Waals surface area (Å²) in [6.07, 6.45) is 0. The zero-order chi connectivity index (χ0) is 13.1. The van der Waals surface area contributed by atoms with Crippen molar-refractivity contribution in [3.05, 3.63) is 52.6 Å². The maximum Gasteiger partial charge on any atom is 0.167 e. The third-order valence-electron chi connectivity index (χ3n) is 2.07. The van der Waals surface area contributed by atoms with Crippen LogP contribution in [0, 0.1) is 18.6 Å². The van der Waals surface area contributed by atoms with Gasteiger partial charge in [0.05, 0.1) is 0 Å². The molecule has 2 rings (SSSR count). The van der Waals surface area contributed by atoms with E-state index in [0.717, 1.165) is 18.2 Å². The number of aryl methyl sites for hydroxylation is 1. The van der Waals surface area contributed by atoms with E-state index in [1.54, 1.807) is 13.0 Å². The first kappa shape index (κ1) is 12.7. The fourth-order valence-corrected chi connectivity index (χ4v) is 1.67. The lowest BCUT2D eigenvalue weighted by Gasteiger charge is -2.06. The molecule has 0 amide bonds. The van der Waals surface area contributed by atoms with Gasteiger partial charge in [-0.05, 0) is 13.0 Å². The van der Waals surface area contributed by atoms with E-state index < -0.39 is 11.6 Å². The summed E-state index contributed by atoms with van der Waals surface area (Å²) in [4.78, 5) is 8.02. The molecule has 0 atom stereocenters. The van der Waals surface area contributed by atoms with Crippen molar-refractivity contribution in [1.29, 1.82) is 0 Å². The molecule has 3 nitrogen and oxygen atoms in total. The van der Waals surface area contributed by atoms with Gasteiger partial charge in [-0.2, -0.15) is 0 Å². The standard InChI is InChI=1S/C12H9ClF2N2O/c1-7-2-11(13)17-12(16-7)6-18-10-4-8(14)3-9(15)5-10/h2-5H,6H2,1H3. The van der Waals surface area contributed by atoms with Crippen LogP contribution in [0.3, 0.4) is 0 Å². The monoisotopic (exact) mass is 270 g/mol. The normalized spacial score (nSPS) is 10.4. The van der Waals surface area contributed by atoms with Gasteiger partial charge >= 0.3 is 0 Å². The van der Waals surface area contributed by atoms with E-state index in [1.807, 2.05) is 0 Å². The molecule has 0 spiro atoms. The van der Waals surface area contributed by atoms with Gasteiger partial charge in [-0.1, -0.05) is 11.6 Å². The molecular formula is C12H9ClF2N2O. The van der Waals surface area contributed by atoms with Crippen LogP contribution >= 0.6 is 11.6 Å². The summed E-state index contributed by atoms with van der Waals surface area (Å²) >= 11 is 5.76. The lowest BCUT2D eigenvalue weighted by Crippen LogP contribution is -2.03. The summed E-state index contributed by atoms with van der Waals surface area (Å²) in [6, 6.07) is 4.54. The molecule has 0 fully saturated rings. The van der Waals surface area contributed by atoms with E-state index >= 15 is 0 Å². The first-order valence-corrected chi connectivity index (χ1v) is 5.50. The van der Waals surface area contributed by atoms with E-state index in [-0.39, 0.29) is 12.4 Å². The second kappa shape index (κ2) is 5.27. The van der Waals surface area contributed by atoms with Crippen LogP contribution in [0.15, 0.2) is 24.3 Å². The van der Waals surface area contributed by atoms with Gasteiger partial charge in [0.2, 0.25) is 0 Å². The van der Waals surface area contributed by atoms with Crippen molar-refractivity contribution >= 4 is 11.6 Å². The van der Waals surface area contributed by atoms with Gasteiger partial charge in [-0.15, -0.1) is 0 Å². The Labute approximate surface area is 107 Å². The number of rotatable bonds is 3. The Morgan fingerprint density at radius 2 is 1.78 bits per heavy atom. The first-order valence-electron chi connectivity index (χ1n) is 5.12. The third-order valence-corrected chi connectivity index (χ3v) is 2.27. The largest absolute Gasteiger partial charge is 0.485 e. The molecule has 1 aromatic heterocycles. The zero-order valence-corrected chi connectivity index (χ0v) is 10.2. The molecule has 0 saturated carbocycles. The number of halogens is 3. The first-order chi connectivity index (χ1) is 8.52. The Morgan fingerprint density at radius 1 is 1.11 bits per heavy atom. The van der Waals surface area contributed by atoms with Crippen LogP contribution in [0.2, 0.25) is 5.15 Å². The minimum atomic E-state index is -0.701.